The van der Waals surface area contributed by atoms with E-state index in [1.54, 1.807) is 12.1 Å². The van der Waals surface area contributed by atoms with Gasteiger partial charge in [0.2, 0.25) is 5.91 Å². The Morgan fingerprint density at radius 3 is 2.92 bits per heavy atom. The highest BCUT2D eigenvalue weighted by Crippen LogP contribution is 2.32. The summed E-state index contributed by atoms with van der Waals surface area (Å²) in [6, 6.07) is 3.34. The molecule has 5 heteroatoms. The Hall–Kier alpha value is -1.42. The van der Waals surface area contributed by atoms with Gasteiger partial charge in [0.05, 0.1) is 28.6 Å². The van der Waals surface area contributed by atoms with E-state index in [-0.39, 0.29) is 12.5 Å². The summed E-state index contributed by atoms with van der Waals surface area (Å²) >= 11 is 5.80. The molecule has 2 rings (SSSR count). The number of nitrogens with two attached hydrogens (primary N) is 1. The van der Waals surface area contributed by atoms with Crippen LogP contribution in [-0.2, 0) is 4.79 Å². The number of nitrogens with one attached hydrogen (secondary N) is 2. The first-order valence-electron chi connectivity index (χ1n) is 3.79. The molecule has 0 fully saturated rings. The van der Waals surface area contributed by atoms with E-state index in [1.165, 1.54) is 0 Å². The minimum absolute atomic E-state index is 0.0748. The maximum atomic E-state index is 11.0. The van der Waals surface area contributed by atoms with E-state index < -0.39 is 0 Å². The molecule has 0 bridgehead atoms. The fraction of sp³-hybridized carbons (Fsp3) is 0.125. The first-order chi connectivity index (χ1) is 6.16. The van der Waals surface area contributed by atoms with E-state index in [9.17, 15) is 4.79 Å². The van der Waals surface area contributed by atoms with Gasteiger partial charge in [0.1, 0.15) is 0 Å². The van der Waals surface area contributed by atoms with Crippen LogP contribution in [0.3, 0.4) is 0 Å². The molecular weight excluding hydrogens is 190 g/mol. The number of fused-ring (bicyclic) bond motifs is 1. The van der Waals surface area contributed by atoms with Crippen molar-refractivity contribution in [3.05, 3.63) is 17.2 Å². The molecule has 1 aromatic rings. The molecule has 0 saturated heterocycles. The second-order valence-electron chi connectivity index (χ2n) is 2.82. The van der Waals surface area contributed by atoms with Crippen molar-refractivity contribution in [3.63, 3.8) is 0 Å². The van der Waals surface area contributed by atoms with E-state index in [0.29, 0.717) is 16.4 Å². The van der Waals surface area contributed by atoms with Crippen LogP contribution in [0.15, 0.2) is 12.1 Å². The summed E-state index contributed by atoms with van der Waals surface area (Å²) in [6.45, 7) is 0.271. The number of carbonyl (C=O) groups excluding carboxylic acids is 1. The highest BCUT2D eigenvalue weighted by Gasteiger charge is 2.14. The number of rotatable bonds is 0. The van der Waals surface area contributed by atoms with Crippen LogP contribution >= 0.6 is 11.6 Å². The van der Waals surface area contributed by atoms with Crippen LogP contribution in [0.4, 0.5) is 17.1 Å². The van der Waals surface area contributed by atoms with Gasteiger partial charge in [-0.05, 0) is 12.1 Å². The van der Waals surface area contributed by atoms with Gasteiger partial charge in [0.25, 0.3) is 0 Å². The molecule has 1 aliphatic rings. The van der Waals surface area contributed by atoms with Crippen molar-refractivity contribution in [2.45, 2.75) is 0 Å². The normalized spacial score (nSPS) is 14.4. The number of halogens is 1. The summed E-state index contributed by atoms with van der Waals surface area (Å²) in [5.74, 6) is -0.0748. The second-order valence-corrected chi connectivity index (χ2v) is 3.23. The minimum Gasteiger partial charge on any atom is -0.397 e. The quantitative estimate of drug-likeness (QED) is 0.549. The van der Waals surface area contributed by atoms with Crippen LogP contribution in [0.5, 0.6) is 0 Å². The molecule has 1 amide bonds. The summed E-state index contributed by atoms with van der Waals surface area (Å²) in [7, 11) is 0. The van der Waals surface area contributed by atoms with Gasteiger partial charge in [-0.1, -0.05) is 11.6 Å². The van der Waals surface area contributed by atoms with E-state index >= 15 is 0 Å². The molecule has 0 atom stereocenters. The van der Waals surface area contributed by atoms with E-state index in [1.807, 2.05) is 0 Å². The Balaban J connectivity index is 2.49. The molecule has 68 valence electrons. The first kappa shape index (κ1) is 8.19. The standard InChI is InChI=1S/C8H8ClN3O/c9-4-1-6-7(2-5(4)10)12-8(13)3-11-6/h1-2,11H,3,10H2,(H,12,13). The van der Waals surface area contributed by atoms with Crippen LogP contribution in [0, 0.1) is 0 Å². The van der Waals surface area contributed by atoms with Crippen molar-refractivity contribution in [1.29, 1.82) is 0 Å². The topological polar surface area (TPSA) is 67.1 Å². The smallest absolute Gasteiger partial charge is 0.243 e. The zero-order valence-electron chi connectivity index (χ0n) is 6.73. The predicted octanol–water partition coefficient (Wildman–Crippen LogP) is 1.29. The number of carbonyl (C=O) groups is 1. The third-order valence-corrected chi connectivity index (χ3v) is 2.18. The number of hydrogen-bond donors (Lipinski definition) is 3. The molecule has 4 N–H and O–H groups in total. The van der Waals surface area contributed by atoms with Gasteiger partial charge in [-0.15, -0.1) is 0 Å². The molecule has 1 aliphatic heterocycles. The van der Waals surface area contributed by atoms with E-state index in [0.717, 1.165) is 5.69 Å². The van der Waals surface area contributed by atoms with Crippen molar-refractivity contribution >= 4 is 34.6 Å². The van der Waals surface area contributed by atoms with Gasteiger partial charge in [0.15, 0.2) is 0 Å². The Labute approximate surface area is 80.1 Å². The lowest BCUT2D eigenvalue weighted by atomic mass is 10.2. The molecule has 1 aromatic carbocycles. The highest BCUT2D eigenvalue weighted by atomic mass is 35.5. The zero-order chi connectivity index (χ0) is 9.42. The average Bonchev–Trinajstić information content (AvgIpc) is 2.08. The van der Waals surface area contributed by atoms with Crippen molar-refractivity contribution < 1.29 is 4.79 Å². The fourth-order valence-electron chi connectivity index (χ4n) is 1.21. The van der Waals surface area contributed by atoms with Crippen molar-refractivity contribution in [3.8, 4) is 0 Å². The monoisotopic (exact) mass is 197 g/mol. The second kappa shape index (κ2) is 2.81. The van der Waals surface area contributed by atoms with Crippen LogP contribution in [0.25, 0.3) is 0 Å². The Morgan fingerprint density at radius 1 is 1.38 bits per heavy atom. The molecule has 4 nitrogen and oxygen atoms in total. The summed E-state index contributed by atoms with van der Waals surface area (Å²) in [5.41, 5.74) is 7.52. The maximum Gasteiger partial charge on any atom is 0.243 e. The number of hydrogen-bond acceptors (Lipinski definition) is 3. The molecule has 0 spiro atoms. The zero-order valence-corrected chi connectivity index (χ0v) is 7.48. The number of benzene rings is 1. The van der Waals surface area contributed by atoms with Gasteiger partial charge in [-0.25, -0.2) is 0 Å². The van der Waals surface area contributed by atoms with Gasteiger partial charge in [-0.3, -0.25) is 4.79 Å². The lowest BCUT2D eigenvalue weighted by molar-refractivity contribution is -0.114. The number of nitrogen functional groups attached to an aromatic ring is 1. The molecule has 0 aliphatic carbocycles. The van der Waals surface area contributed by atoms with Crippen LogP contribution in [0.2, 0.25) is 5.02 Å². The van der Waals surface area contributed by atoms with Crippen LogP contribution in [-0.4, -0.2) is 12.5 Å². The lowest BCUT2D eigenvalue weighted by Gasteiger charge is -2.19. The largest absolute Gasteiger partial charge is 0.397 e. The molecule has 0 aromatic heterocycles. The van der Waals surface area contributed by atoms with Gasteiger partial charge >= 0.3 is 0 Å². The van der Waals surface area contributed by atoms with Crippen molar-refractivity contribution in [2.24, 2.45) is 0 Å². The summed E-state index contributed by atoms with van der Waals surface area (Å²) in [4.78, 5) is 11.0. The number of amides is 1. The average molecular weight is 198 g/mol. The first-order valence-corrected chi connectivity index (χ1v) is 4.17. The van der Waals surface area contributed by atoms with Crippen LogP contribution in [0.1, 0.15) is 0 Å². The van der Waals surface area contributed by atoms with Gasteiger partial charge < -0.3 is 16.4 Å². The summed E-state index contributed by atoms with van der Waals surface area (Å²) < 4.78 is 0. The summed E-state index contributed by atoms with van der Waals surface area (Å²) in [5, 5.41) is 6.10. The maximum absolute atomic E-state index is 11.0. The molecule has 0 radical (unpaired) electrons. The van der Waals surface area contributed by atoms with Crippen molar-refractivity contribution in [1.82, 2.24) is 0 Å². The van der Waals surface area contributed by atoms with Crippen molar-refractivity contribution in [2.75, 3.05) is 22.9 Å². The third kappa shape index (κ3) is 1.40. The van der Waals surface area contributed by atoms with E-state index in [4.69, 9.17) is 17.3 Å². The molecule has 0 unspecified atom stereocenters. The molecule has 1 heterocycles. The molecule has 0 saturated carbocycles. The SMILES string of the molecule is Nc1cc2c(cc1Cl)NCC(=O)N2. The van der Waals surface area contributed by atoms with Gasteiger partial charge in [-0.2, -0.15) is 0 Å². The minimum atomic E-state index is -0.0748. The Morgan fingerprint density at radius 2 is 2.15 bits per heavy atom. The van der Waals surface area contributed by atoms with E-state index in [2.05, 4.69) is 10.6 Å². The molecular formula is C8H8ClN3O. The Bertz CT molecular complexity index is 378. The van der Waals surface area contributed by atoms with Gasteiger partial charge in [0, 0.05) is 0 Å². The lowest BCUT2D eigenvalue weighted by Crippen LogP contribution is -2.27. The van der Waals surface area contributed by atoms with Crippen LogP contribution < -0.4 is 16.4 Å². The summed E-state index contributed by atoms with van der Waals surface area (Å²) in [6.07, 6.45) is 0. The molecule has 13 heavy (non-hydrogen) atoms. The Kier molecular flexibility index (Phi) is 1.77. The third-order valence-electron chi connectivity index (χ3n) is 1.85. The predicted molar refractivity (Wildman–Crippen MR) is 53.0 cm³/mol. The number of anilines is 3. The highest BCUT2D eigenvalue weighted by molar-refractivity contribution is 6.33. The fourth-order valence-corrected chi connectivity index (χ4v) is 1.37.